The molecule has 1 N–H and O–H groups in total. The third-order valence-electron chi connectivity index (χ3n) is 4.41. The smallest absolute Gasteiger partial charge is 0.208 e. The minimum absolute atomic E-state index is 0.147. The summed E-state index contributed by atoms with van der Waals surface area (Å²) in [5, 5.41) is 1.22. The number of sulfone groups is 1. The van der Waals surface area contributed by atoms with Crippen LogP contribution in [0, 0.1) is 0 Å². The lowest BCUT2D eigenvalue weighted by molar-refractivity contribution is 0.414. The number of H-pyrrole nitrogens is 1. The molecular weight excluding hydrogens is 433 g/mol. The van der Waals surface area contributed by atoms with Crippen molar-refractivity contribution in [1.82, 2.24) is 4.98 Å². The van der Waals surface area contributed by atoms with Gasteiger partial charge in [0.25, 0.3) is 0 Å². The Bertz CT molecular complexity index is 1280. The number of aromatic nitrogens is 1. The Morgan fingerprint density at radius 3 is 2.21 bits per heavy atom. The second kappa shape index (κ2) is 7.63. The predicted molar refractivity (Wildman–Crippen MR) is 113 cm³/mol. The molecule has 8 heteroatoms. The highest BCUT2D eigenvalue weighted by molar-refractivity contribution is 7.91. The Hall–Kier alpha value is -2.67. The maximum atomic E-state index is 13.1. The van der Waals surface area contributed by atoms with Gasteiger partial charge in [-0.3, -0.25) is 0 Å². The van der Waals surface area contributed by atoms with E-state index in [9.17, 15) is 8.42 Å². The average molecular weight is 448 g/mol. The highest BCUT2D eigenvalue weighted by Crippen LogP contribution is 2.38. The summed E-state index contributed by atoms with van der Waals surface area (Å²) in [6, 6.07) is 16.4. The summed E-state index contributed by atoms with van der Waals surface area (Å²) < 4.78 is 37.2. The highest BCUT2D eigenvalue weighted by Gasteiger charge is 2.22. The zero-order chi connectivity index (χ0) is 20.6. The molecule has 0 aliphatic carbocycles. The summed E-state index contributed by atoms with van der Waals surface area (Å²) in [4.78, 5) is 3.30. The van der Waals surface area contributed by atoms with Crippen molar-refractivity contribution in [2.75, 3.05) is 7.11 Å². The van der Waals surface area contributed by atoms with Crippen molar-refractivity contribution in [2.45, 2.75) is 9.79 Å². The molecule has 5 nitrogen and oxygen atoms in total. The van der Waals surface area contributed by atoms with Crippen LogP contribution in [0.15, 0.2) is 76.7 Å². The Kier molecular flexibility index (Phi) is 5.17. The monoisotopic (exact) mass is 447 g/mol. The fraction of sp³-hybridized carbons (Fsp3) is 0.0476. The molecule has 0 aliphatic rings. The van der Waals surface area contributed by atoms with Gasteiger partial charge in [0, 0.05) is 17.1 Å². The van der Waals surface area contributed by atoms with E-state index in [4.69, 9.17) is 32.7 Å². The van der Waals surface area contributed by atoms with Crippen molar-refractivity contribution in [2.24, 2.45) is 0 Å². The van der Waals surface area contributed by atoms with Crippen molar-refractivity contribution < 1.29 is 17.9 Å². The topological polar surface area (TPSA) is 68.4 Å². The van der Waals surface area contributed by atoms with Gasteiger partial charge in [0.05, 0.1) is 26.9 Å². The highest BCUT2D eigenvalue weighted by atomic mass is 35.5. The molecule has 148 valence electrons. The van der Waals surface area contributed by atoms with Gasteiger partial charge in [-0.25, -0.2) is 8.42 Å². The molecule has 1 heterocycles. The number of fused-ring (bicyclic) bond motifs is 1. The molecule has 4 rings (SSSR count). The molecule has 0 saturated carbocycles. The number of hydrogen-bond acceptors (Lipinski definition) is 4. The molecule has 0 spiro atoms. The lowest BCUT2D eigenvalue weighted by atomic mass is 10.2. The number of rotatable bonds is 5. The molecule has 0 radical (unpaired) electrons. The Labute approximate surface area is 177 Å². The largest absolute Gasteiger partial charge is 0.497 e. The van der Waals surface area contributed by atoms with Crippen molar-refractivity contribution >= 4 is 43.9 Å². The molecule has 0 fully saturated rings. The lowest BCUT2D eigenvalue weighted by Gasteiger charge is -2.10. The third kappa shape index (κ3) is 3.67. The number of ether oxygens (including phenoxy) is 2. The predicted octanol–water partition coefficient (Wildman–Crippen LogP) is 6.11. The van der Waals surface area contributed by atoms with Crippen LogP contribution < -0.4 is 9.47 Å². The second-order valence-electron chi connectivity index (χ2n) is 6.19. The number of nitrogens with one attached hydrogen (secondary N) is 1. The van der Waals surface area contributed by atoms with Crippen LogP contribution in [0.5, 0.6) is 17.2 Å². The summed E-state index contributed by atoms with van der Waals surface area (Å²) >= 11 is 12.3. The SMILES string of the molecule is COc1ccc(S(=O)(=O)c2c[nH]c3ccc(Oc4c(Cl)cccc4Cl)cc23)cc1. The second-order valence-corrected chi connectivity index (χ2v) is 8.92. The van der Waals surface area contributed by atoms with Crippen LogP contribution in [0.2, 0.25) is 10.0 Å². The van der Waals surface area contributed by atoms with Gasteiger partial charge in [-0.1, -0.05) is 29.3 Å². The van der Waals surface area contributed by atoms with E-state index in [1.807, 2.05) is 0 Å². The van der Waals surface area contributed by atoms with Crippen LogP contribution in [-0.2, 0) is 9.84 Å². The van der Waals surface area contributed by atoms with Gasteiger partial charge < -0.3 is 14.5 Å². The number of hydrogen-bond donors (Lipinski definition) is 1. The molecule has 0 saturated heterocycles. The molecule has 0 atom stereocenters. The Morgan fingerprint density at radius 2 is 1.55 bits per heavy atom. The van der Waals surface area contributed by atoms with Crippen LogP contribution in [-0.4, -0.2) is 20.5 Å². The first kappa shape index (κ1) is 19.6. The van der Waals surface area contributed by atoms with E-state index >= 15 is 0 Å². The molecule has 3 aromatic carbocycles. The number of methoxy groups -OCH3 is 1. The Balaban J connectivity index is 1.77. The maximum absolute atomic E-state index is 13.1. The lowest BCUT2D eigenvalue weighted by Crippen LogP contribution is -2.01. The van der Waals surface area contributed by atoms with E-state index in [1.165, 1.54) is 25.4 Å². The van der Waals surface area contributed by atoms with Crippen LogP contribution in [0.4, 0.5) is 0 Å². The molecule has 1 aromatic heterocycles. The maximum Gasteiger partial charge on any atom is 0.208 e. The van der Waals surface area contributed by atoms with Gasteiger partial charge in [-0.15, -0.1) is 0 Å². The van der Waals surface area contributed by atoms with Gasteiger partial charge in [-0.05, 0) is 54.6 Å². The van der Waals surface area contributed by atoms with E-state index < -0.39 is 9.84 Å². The quantitative estimate of drug-likeness (QED) is 0.400. The number of aromatic amines is 1. The van der Waals surface area contributed by atoms with E-state index in [1.54, 1.807) is 48.5 Å². The average Bonchev–Trinajstić information content (AvgIpc) is 3.15. The summed E-state index contributed by atoms with van der Waals surface area (Å²) in [5.41, 5.74) is 0.662. The van der Waals surface area contributed by atoms with Gasteiger partial charge in [-0.2, -0.15) is 0 Å². The number of para-hydroxylation sites is 1. The van der Waals surface area contributed by atoms with E-state index in [0.717, 1.165) is 0 Å². The molecule has 0 amide bonds. The standard InChI is InChI=1S/C21H15Cl2NO4S/c1-27-13-5-8-15(9-6-13)29(25,26)20-12-24-19-10-7-14(11-16(19)20)28-21-17(22)3-2-4-18(21)23/h2-12,24H,1H3. The zero-order valence-electron chi connectivity index (χ0n) is 15.1. The first-order valence-electron chi connectivity index (χ1n) is 8.52. The van der Waals surface area contributed by atoms with Crippen molar-refractivity contribution in [3.63, 3.8) is 0 Å². The first-order chi connectivity index (χ1) is 13.9. The third-order valence-corrected chi connectivity index (χ3v) is 6.82. The molecular formula is C21H15Cl2NO4S. The Morgan fingerprint density at radius 1 is 0.897 bits per heavy atom. The molecule has 4 aromatic rings. The molecule has 0 unspecified atom stereocenters. The fourth-order valence-electron chi connectivity index (χ4n) is 2.94. The fourth-order valence-corrected chi connectivity index (χ4v) is 4.84. The minimum Gasteiger partial charge on any atom is -0.497 e. The summed E-state index contributed by atoms with van der Waals surface area (Å²) in [5.74, 6) is 1.30. The molecule has 0 aliphatic heterocycles. The normalized spacial score (nSPS) is 11.6. The summed E-state index contributed by atoms with van der Waals surface area (Å²) in [7, 11) is -2.22. The van der Waals surface area contributed by atoms with E-state index in [2.05, 4.69) is 4.98 Å². The summed E-state index contributed by atoms with van der Waals surface area (Å²) in [6.07, 6.45) is 1.47. The van der Waals surface area contributed by atoms with E-state index in [-0.39, 0.29) is 9.79 Å². The van der Waals surface area contributed by atoms with Gasteiger partial charge in [0.1, 0.15) is 11.5 Å². The van der Waals surface area contributed by atoms with Crippen LogP contribution >= 0.6 is 23.2 Å². The van der Waals surface area contributed by atoms with Crippen LogP contribution in [0.1, 0.15) is 0 Å². The number of benzene rings is 3. The first-order valence-corrected chi connectivity index (χ1v) is 10.8. The van der Waals surface area contributed by atoms with Crippen LogP contribution in [0.3, 0.4) is 0 Å². The van der Waals surface area contributed by atoms with Gasteiger partial charge >= 0.3 is 0 Å². The van der Waals surface area contributed by atoms with Gasteiger partial charge in [0.2, 0.25) is 9.84 Å². The van der Waals surface area contributed by atoms with Crippen molar-refractivity contribution in [1.29, 1.82) is 0 Å². The molecule has 0 bridgehead atoms. The van der Waals surface area contributed by atoms with Crippen molar-refractivity contribution in [3.05, 3.63) is 76.9 Å². The van der Waals surface area contributed by atoms with Crippen LogP contribution in [0.25, 0.3) is 10.9 Å². The van der Waals surface area contributed by atoms with Gasteiger partial charge in [0.15, 0.2) is 5.75 Å². The molecule has 29 heavy (non-hydrogen) atoms. The summed E-state index contributed by atoms with van der Waals surface area (Å²) in [6.45, 7) is 0. The minimum atomic E-state index is -3.75. The van der Waals surface area contributed by atoms with Crippen molar-refractivity contribution in [3.8, 4) is 17.2 Å². The number of halogens is 2. The zero-order valence-corrected chi connectivity index (χ0v) is 17.5. The van der Waals surface area contributed by atoms with E-state index in [0.29, 0.717) is 38.2 Å².